The molecule has 140 valence electrons. The summed E-state index contributed by atoms with van der Waals surface area (Å²) in [5.74, 6) is -1.06. The van der Waals surface area contributed by atoms with E-state index in [2.05, 4.69) is 10.6 Å². The van der Waals surface area contributed by atoms with Crippen LogP contribution in [0.2, 0.25) is 0 Å². The molecule has 8 nitrogen and oxygen atoms in total. The zero-order valence-electron chi connectivity index (χ0n) is 14.7. The molecule has 1 aromatic rings. The Kier molecular flexibility index (Phi) is 7.13. The summed E-state index contributed by atoms with van der Waals surface area (Å²) in [5, 5.41) is 5.15. The SMILES string of the molecule is CCCCOC(=O)NCCNC(=O)CCN1C(=O)c2ccccc2C1=O. The molecule has 1 aliphatic heterocycles. The molecular formula is C18H23N3O5. The first-order valence-corrected chi connectivity index (χ1v) is 8.67. The van der Waals surface area contributed by atoms with E-state index >= 15 is 0 Å². The van der Waals surface area contributed by atoms with Crippen LogP contribution in [0.25, 0.3) is 0 Å². The fourth-order valence-electron chi connectivity index (χ4n) is 2.47. The Morgan fingerprint density at radius 1 is 1.04 bits per heavy atom. The lowest BCUT2D eigenvalue weighted by Gasteiger charge is -2.13. The molecule has 0 radical (unpaired) electrons. The molecule has 0 saturated carbocycles. The second kappa shape index (κ2) is 9.55. The van der Waals surface area contributed by atoms with Crippen molar-refractivity contribution >= 4 is 23.8 Å². The van der Waals surface area contributed by atoms with Crippen LogP contribution in [0.5, 0.6) is 0 Å². The summed E-state index contributed by atoms with van der Waals surface area (Å²) in [6, 6.07) is 6.59. The molecule has 0 aliphatic carbocycles. The first-order chi connectivity index (χ1) is 12.5. The summed E-state index contributed by atoms with van der Waals surface area (Å²) in [7, 11) is 0. The molecule has 4 amide bonds. The monoisotopic (exact) mass is 361 g/mol. The van der Waals surface area contributed by atoms with E-state index in [1.807, 2.05) is 6.92 Å². The van der Waals surface area contributed by atoms with Crippen LogP contribution < -0.4 is 10.6 Å². The second-order valence-electron chi connectivity index (χ2n) is 5.82. The fourth-order valence-corrected chi connectivity index (χ4v) is 2.47. The van der Waals surface area contributed by atoms with Gasteiger partial charge in [0.1, 0.15) is 0 Å². The van der Waals surface area contributed by atoms with Gasteiger partial charge in [0.05, 0.1) is 17.7 Å². The Labute approximate surface area is 151 Å². The predicted octanol–water partition coefficient (Wildman–Crippen LogP) is 1.32. The lowest BCUT2D eigenvalue weighted by Crippen LogP contribution is -2.37. The average Bonchev–Trinajstić information content (AvgIpc) is 2.88. The van der Waals surface area contributed by atoms with Gasteiger partial charge in [-0.3, -0.25) is 19.3 Å². The van der Waals surface area contributed by atoms with Crippen molar-refractivity contribution in [3.63, 3.8) is 0 Å². The molecule has 1 heterocycles. The Bertz CT molecular complexity index is 654. The zero-order chi connectivity index (χ0) is 18.9. The van der Waals surface area contributed by atoms with Gasteiger partial charge in [0.2, 0.25) is 5.91 Å². The van der Waals surface area contributed by atoms with Crippen LogP contribution in [-0.4, -0.2) is 55.0 Å². The van der Waals surface area contributed by atoms with Crippen LogP contribution in [0, 0.1) is 0 Å². The number of amides is 4. The molecular weight excluding hydrogens is 338 g/mol. The molecule has 0 fully saturated rings. The predicted molar refractivity (Wildman–Crippen MR) is 93.7 cm³/mol. The number of nitrogens with zero attached hydrogens (tertiary/aromatic N) is 1. The van der Waals surface area contributed by atoms with E-state index < -0.39 is 6.09 Å². The van der Waals surface area contributed by atoms with Gasteiger partial charge in [-0.1, -0.05) is 25.5 Å². The maximum absolute atomic E-state index is 12.2. The number of carbonyl (C=O) groups excluding carboxylic acids is 4. The smallest absolute Gasteiger partial charge is 0.407 e. The van der Waals surface area contributed by atoms with E-state index in [1.54, 1.807) is 24.3 Å². The largest absolute Gasteiger partial charge is 0.450 e. The van der Waals surface area contributed by atoms with Gasteiger partial charge in [0.15, 0.2) is 0 Å². The highest BCUT2D eigenvalue weighted by Gasteiger charge is 2.34. The summed E-state index contributed by atoms with van der Waals surface area (Å²) in [5.41, 5.74) is 0.729. The Balaban J connectivity index is 1.65. The van der Waals surface area contributed by atoms with Crippen molar-refractivity contribution in [2.45, 2.75) is 26.2 Å². The van der Waals surface area contributed by atoms with Gasteiger partial charge in [-0.25, -0.2) is 4.79 Å². The summed E-state index contributed by atoms with van der Waals surface area (Å²) < 4.78 is 4.91. The lowest BCUT2D eigenvalue weighted by atomic mass is 10.1. The normalized spacial score (nSPS) is 12.7. The van der Waals surface area contributed by atoms with Crippen molar-refractivity contribution in [2.24, 2.45) is 0 Å². The van der Waals surface area contributed by atoms with Gasteiger partial charge in [0, 0.05) is 26.1 Å². The highest BCUT2D eigenvalue weighted by Crippen LogP contribution is 2.22. The number of unbranched alkanes of at least 4 members (excludes halogenated alkanes) is 1. The third kappa shape index (κ3) is 5.05. The molecule has 26 heavy (non-hydrogen) atoms. The minimum Gasteiger partial charge on any atom is -0.450 e. The van der Waals surface area contributed by atoms with Crippen molar-refractivity contribution in [2.75, 3.05) is 26.2 Å². The van der Waals surface area contributed by atoms with Gasteiger partial charge in [0.25, 0.3) is 11.8 Å². The fraction of sp³-hybridized carbons (Fsp3) is 0.444. The molecule has 0 unspecified atom stereocenters. The highest BCUT2D eigenvalue weighted by molar-refractivity contribution is 6.21. The number of hydrogen-bond acceptors (Lipinski definition) is 5. The third-order valence-corrected chi connectivity index (χ3v) is 3.89. The highest BCUT2D eigenvalue weighted by atomic mass is 16.5. The summed E-state index contributed by atoms with van der Waals surface area (Å²) in [6.45, 7) is 2.87. The van der Waals surface area contributed by atoms with E-state index in [4.69, 9.17) is 4.74 Å². The van der Waals surface area contributed by atoms with Crippen LogP contribution in [0.3, 0.4) is 0 Å². The van der Waals surface area contributed by atoms with Crippen LogP contribution >= 0.6 is 0 Å². The minimum absolute atomic E-state index is 0.00636. The van der Waals surface area contributed by atoms with Gasteiger partial charge < -0.3 is 15.4 Å². The molecule has 0 bridgehead atoms. The zero-order valence-corrected chi connectivity index (χ0v) is 14.7. The number of benzene rings is 1. The van der Waals surface area contributed by atoms with Crippen molar-refractivity contribution in [3.8, 4) is 0 Å². The first kappa shape index (κ1) is 19.4. The number of fused-ring (bicyclic) bond motifs is 1. The molecule has 0 saturated heterocycles. The molecule has 1 aliphatic rings. The molecule has 2 rings (SSSR count). The first-order valence-electron chi connectivity index (χ1n) is 8.67. The van der Waals surface area contributed by atoms with Gasteiger partial charge in [-0.05, 0) is 18.6 Å². The number of carbonyl (C=O) groups is 4. The van der Waals surface area contributed by atoms with E-state index in [-0.39, 0.29) is 43.8 Å². The Morgan fingerprint density at radius 3 is 2.27 bits per heavy atom. The van der Waals surface area contributed by atoms with Crippen LogP contribution in [0.1, 0.15) is 46.9 Å². The van der Waals surface area contributed by atoms with E-state index in [9.17, 15) is 19.2 Å². The minimum atomic E-state index is -0.515. The summed E-state index contributed by atoms with van der Waals surface area (Å²) in [6.07, 6.45) is 1.24. The number of alkyl carbamates (subject to hydrolysis) is 1. The quantitative estimate of drug-likeness (QED) is 0.510. The molecule has 2 N–H and O–H groups in total. The van der Waals surface area contributed by atoms with Gasteiger partial charge in [-0.15, -0.1) is 0 Å². The second-order valence-corrected chi connectivity index (χ2v) is 5.82. The van der Waals surface area contributed by atoms with Crippen molar-refractivity contribution in [1.29, 1.82) is 0 Å². The standard InChI is InChI=1S/C18H23N3O5/c1-2-3-12-26-18(25)20-10-9-19-15(22)8-11-21-16(23)13-6-4-5-7-14(13)17(21)24/h4-7H,2-3,8-12H2,1H3,(H,19,22)(H,20,25). The van der Waals surface area contributed by atoms with Gasteiger partial charge in [-0.2, -0.15) is 0 Å². The topological polar surface area (TPSA) is 105 Å². The van der Waals surface area contributed by atoms with Crippen LogP contribution in [0.15, 0.2) is 24.3 Å². The van der Waals surface area contributed by atoms with Crippen LogP contribution in [-0.2, 0) is 9.53 Å². The summed E-state index contributed by atoms with van der Waals surface area (Å²) in [4.78, 5) is 48.6. The van der Waals surface area contributed by atoms with Crippen molar-refractivity contribution in [3.05, 3.63) is 35.4 Å². The number of ether oxygens (including phenoxy) is 1. The average molecular weight is 361 g/mol. The maximum atomic E-state index is 12.2. The number of hydrogen-bond donors (Lipinski definition) is 2. The Morgan fingerprint density at radius 2 is 1.65 bits per heavy atom. The third-order valence-electron chi connectivity index (χ3n) is 3.89. The van der Waals surface area contributed by atoms with E-state index in [0.29, 0.717) is 17.7 Å². The molecule has 8 heteroatoms. The van der Waals surface area contributed by atoms with Gasteiger partial charge >= 0.3 is 6.09 Å². The molecule has 0 aromatic heterocycles. The molecule has 1 aromatic carbocycles. The number of rotatable bonds is 9. The van der Waals surface area contributed by atoms with E-state index in [0.717, 1.165) is 17.7 Å². The van der Waals surface area contributed by atoms with Crippen molar-refractivity contribution < 1.29 is 23.9 Å². The number of imide groups is 1. The Hall–Kier alpha value is -2.90. The molecule has 0 atom stereocenters. The van der Waals surface area contributed by atoms with E-state index in [1.165, 1.54) is 0 Å². The number of nitrogens with one attached hydrogen (secondary N) is 2. The lowest BCUT2D eigenvalue weighted by molar-refractivity contribution is -0.121. The maximum Gasteiger partial charge on any atom is 0.407 e. The van der Waals surface area contributed by atoms with Crippen LogP contribution in [0.4, 0.5) is 4.79 Å². The van der Waals surface area contributed by atoms with Crippen molar-refractivity contribution in [1.82, 2.24) is 15.5 Å². The molecule has 0 spiro atoms. The summed E-state index contributed by atoms with van der Waals surface area (Å²) >= 11 is 0.